The summed E-state index contributed by atoms with van der Waals surface area (Å²) in [4.78, 5) is 110. The van der Waals surface area contributed by atoms with E-state index in [1.807, 2.05) is 44.6 Å². The molecule has 1 saturated heterocycles. The number of Topliss-reactive ketones (excluding diaryl/α,β-unsaturated/α-hetero) is 1. The Balaban J connectivity index is 0.682. The zero-order valence-corrected chi connectivity index (χ0v) is 49.0. The fraction of sp³-hybridized carbons (Fsp3) is 0.400. The van der Waals surface area contributed by atoms with Crippen LogP contribution in [0.2, 0.25) is 0 Å². The molecule has 20 heteroatoms. The van der Waals surface area contributed by atoms with E-state index in [4.69, 9.17) is 28.9 Å². The highest BCUT2D eigenvalue weighted by Crippen LogP contribution is 2.42. The third-order valence-electron chi connectivity index (χ3n) is 16.3. The van der Waals surface area contributed by atoms with E-state index < -0.39 is 12.0 Å². The minimum atomic E-state index is -0.759. The van der Waals surface area contributed by atoms with E-state index in [1.165, 1.54) is 37.0 Å². The number of hydrogen-bond acceptors (Lipinski definition) is 15. The van der Waals surface area contributed by atoms with Gasteiger partial charge < -0.3 is 49.2 Å². The van der Waals surface area contributed by atoms with Gasteiger partial charge in [-0.2, -0.15) is 0 Å². The maximum atomic E-state index is 14.2. The van der Waals surface area contributed by atoms with Gasteiger partial charge in [-0.25, -0.2) is 0 Å². The fourth-order valence-corrected chi connectivity index (χ4v) is 11.3. The van der Waals surface area contributed by atoms with E-state index in [0.717, 1.165) is 48.5 Å². The van der Waals surface area contributed by atoms with Gasteiger partial charge in [0.05, 0.1) is 68.1 Å². The quantitative estimate of drug-likeness (QED) is 0.0498. The van der Waals surface area contributed by atoms with Gasteiger partial charge in [0.1, 0.15) is 0 Å². The van der Waals surface area contributed by atoms with Gasteiger partial charge in [-0.1, -0.05) is 51.5 Å². The van der Waals surface area contributed by atoms with Crippen LogP contribution in [0.5, 0.6) is 23.0 Å². The lowest BCUT2D eigenvalue weighted by atomic mass is 9.92. The molecule has 6 heterocycles. The van der Waals surface area contributed by atoms with Crippen molar-refractivity contribution in [2.24, 2.45) is 21.8 Å². The molecule has 10 rings (SSSR count). The van der Waals surface area contributed by atoms with E-state index in [0.29, 0.717) is 96.3 Å². The van der Waals surface area contributed by atoms with Crippen LogP contribution >= 0.6 is 0 Å². The van der Waals surface area contributed by atoms with Gasteiger partial charge in [-0.15, -0.1) is 0 Å². The maximum Gasteiger partial charge on any atom is 0.260 e. The Morgan fingerprint density at radius 3 is 1.69 bits per heavy atom. The Bertz CT molecular complexity index is 3380. The largest absolute Gasteiger partial charge is 0.493 e. The van der Waals surface area contributed by atoms with Crippen LogP contribution in [0.3, 0.4) is 0 Å². The summed E-state index contributed by atoms with van der Waals surface area (Å²) in [6.45, 7) is 10.2. The molecule has 444 valence electrons. The number of unbranched alkanes of at least 4 members (excludes halogenated alkanes) is 2. The Morgan fingerprint density at radius 1 is 0.647 bits per heavy atom. The van der Waals surface area contributed by atoms with Crippen LogP contribution < -0.4 is 34.5 Å². The topological polar surface area (TPSA) is 221 Å². The molecule has 0 spiro atoms. The van der Waals surface area contributed by atoms with Crippen molar-refractivity contribution >= 4 is 87.6 Å². The van der Waals surface area contributed by atoms with Crippen molar-refractivity contribution in [1.82, 2.24) is 24.9 Å². The third-order valence-corrected chi connectivity index (χ3v) is 16.3. The smallest absolute Gasteiger partial charge is 0.260 e. The predicted molar refractivity (Wildman–Crippen MR) is 324 cm³/mol. The molecule has 0 saturated carbocycles. The van der Waals surface area contributed by atoms with Gasteiger partial charge >= 0.3 is 0 Å². The number of carbonyl (C=O) groups excluding carboxylic acids is 7. The third kappa shape index (κ3) is 13.5. The first-order valence-corrected chi connectivity index (χ1v) is 29.2. The fourth-order valence-electron chi connectivity index (χ4n) is 11.3. The molecule has 6 aliphatic heterocycles. The Hall–Kier alpha value is -8.91. The van der Waals surface area contributed by atoms with E-state index >= 15 is 0 Å². The molecule has 0 aliphatic carbocycles. The van der Waals surface area contributed by atoms with Crippen molar-refractivity contribution in [2.75, 3.05) is 77.4 Å². The van der Waals surface area contributed by atoms with Crippen LogP contribution in [0.1, 0.15) is 104 Å². The summed E-state index contributed by atoms with van der Waals surface area (Å²) in [5.41, 5.74) is 7.41. The van der Waals surface area contributed by atoms with Gasteiger partial charge in [-0.3, -0.25) is 48.4 Å². The average Bonchev–Trinajstić information content (AvgIpc) is 2.83. The number of imide groups is 1. The normalized spacial score (nSPS) is 18.7. The van der Waals surface area contributed by atoms with Crippen molar-refractivity contribution in [2.45, 2.75) is 90.3 Å². The van der Waals surface area contributed by atoms with Crippen molar-refractivity contribution in [3.63, 3.8) is 0 Å². The Morgan fingerprint density at radius 2 is 1.18 bits per heavy atom. The van der Waals surface area contributed by atoms with Gasteiger partial charge in [0.25, 0.3) is 23.6 Å². The van der Waals surface area contributed by atoms with E-state index in [-0.39, 0.29) is 85.3 Å². The standard InChI is InChI=1S/C65H73N9O11/c1-40(2)62(69-59(76)11-8-7-9-22-72-60(77)20-21-61(72)78)54(75)29-41(3)63(79)68-46-16-12-42(13-17-46)44-30-48-36-66-52-34-57(55(82-5)32-50(52)64(80)73(48)38-44)84-27-10-28-85-58-35-53-51(33-56(58)83-6)65(81)74-39-45(31-49(74)37-67-53)43-14-18-47(19-15-43)71-25-23-70(4)24-26-71/h12-21,32-41,48-49,62H,7-11,22-31H2,1-6H3,(H,68,79)(H,69,76)/t41-,48+,49+,62+/m1/s1. The van der Waals surface area contributed by atoms with Crippen molar-refractivity contribution < 1.29 is 52.5 Å². The van der Waals surface area contributed by atoms with Crippen molar-refractivity contribution in [3.8, 4) is 23.0 Å². The van der Waals surface area contributed by atoms with Gasteiger partial charge in [0.2, 0.25) is 11.8 Å². The summed E-state index contributed by atoms with van der Waals surface area (Å²) in [6.07, 6.45) is 13.3. The number of carbonyl (C=O) groups is 7. The minimum absolute atomic E-state index is 0.0672. The second-order valence-corrected chi connectivity index (χ2v) is 22.7. The lowest BCUT2D eigenvalue weighted by molar-refractivity contribution is -0.137. The van der Waals surface area contributed by atoms with Crippen LogP contribution in [-0.4, -0.2) is 159 Å². The molecule has 6 aliphatic rings. The van der Waals surface area contributed by atoms with Crippen LogP contribution in [-0.2, 0) is 24.0 Å². The number of ketones is 1. The second kappa shape index (κ2) is 26.3. The number of methoxy groups -OCH3 is 2. The molecule has 0 radical (unpaired) electrons. The summed E-state index contributed by atoms with van der Waals surface area (Å²) in [5, 5.41) is 5.75. The first-order chi connectivity index (χ1) is 41.0. The molecule has 4 atom stereocenters. The van der Waals surface area contributed by atoms with Crippen molar-refractivity contribution in [3.05, 3.63) is 120 Å². The van der Waals surface area contributed by atoms with E-state index in [1.54, 1.807) is 59.3 Å². The first kappa shape index (κ1) is 59.3. The molecule has 4 aromatic carbocycles. The molecular formula is C65H73N9O11. The molecule has 4 aromatic rings. The number of anilines is 2. The molecule has 0 bridgehead atoms. The highest BCUT2D eigenvalue weighted by atomic mass is 16.5. The second-order valence-electron chi connectivity index (χ2n) is 22.7. The number of hydrogen-bond donors (Lipinski definition) is 2. The first-order valence-electron chi connectivity index (χ1n) is 29.2. The minimum Gasteiger partial charge on any atom is -0.493 e. The SMILES string of the molecule is COc1cc2c(cc1OCCCOc1cc3c(cc1OC)C(=O)N1C=C(c4ccc(N5CCN(C)CC5)cc4)C[C@H]1C=N3)N=C[C@@H]1CC(c3ccc(NC(=O)[C@H](C)CC(=O)[C@@H](NC(=O)CCCCCN4C(=O)C=CC4=O)C(C)C)cc3)=CN1C2=O. The van der Waals surface area contributed by atoms with Crippen LogP contribution in [0.25, 0.3) is 11.1 Å². The number of nitrogens with one attached hydrogen (secondary N) is 2. The zero-order valence-electron chi connectivity index (χ0n) is 49.0. The summed E-state index contributed by atoms with van der Waals surface area (Å²) >= 11 is 0. The lowest BCUT2D eigenvalue weighted by Gasteiger charge is -2.34. The summed E-state index contributed by atoms with van der Waals surface area (Å²) in [7, 11) is 5.20. The van der Waals surface area contributed by atoms with E-state index in [2.05, 4.69) is 51.7 Å². The summed E-state index contributed by atoms with van der Waals surface area (Å²) in [5.74, 6) is -1.14. The highest BCUT2D eigenvalue weighted by molar-refractivity contribution is 6.13. The average molecular weight is 1160 g/mol. The molecular weight excluding hydrogens is 1080 g/mol. The molecule has 0 unspecified atom stereocenters. The monoisotopic (exact) mass is 1160 g/mol. The van der Waals surface area contributed by atoms with Gasteiger partial charge in [0, 0.05) is 131 Å². The number of rotatable bonds is 24. The number of nitrogens with zero attached hydrogens (tertiary/aromatic N) is 7. The number of piperazine rings is 1. The molecule has 2 N–H and O–H groups in total. The van der Waals surface area contributed by atoms with E-state index in [9.17, 15) is 33.6 Å². The predicted octanol–water partition coefficient (Wildman–Crippen LogP) is 8.41. The van der Waals surface area contributed by atoms with Crippen LogP contribution in [0.4, 0.5) is 22.7 Å². The lowest BCUT2D eigenvalue weighted by Crippen LogP contribution is -2.45. The van der Waals surface area contributed by atoms with Crippen molar-refractivity contribution in [1.29, 1.82) is 0 Å². The highest BCUT2D eigenvalue weighted by Gasteiger charge is 2.36. The Labute approximate surface area is 495 Å². The molecule has 85 heavy (non-hydrogen) atoms. The van der Waals surface area contributed by atoms with Gasteiger partial charge in [0.15, 0.2) is 28.8 Å². The number of aliphatic imine (C=N–C) groups is 2. The Kier molecular flexibility index (Phi) is 18.4. The number of ether oxygens (including phenoxy) is 4. The van der Waals surface area contributed by atoms with Gasteiger partial charge in [-0.05, 0) is 84.5 Å². The zero-order chi connectivity index (χ0) is 59.9. The molecule has 20 nitrogen and oxygen atoms in total. The van der Waals surface area contributed by atoms with Crippen LogP contribution in [0.15, 0.2) is 107 Å². The molecule has 6 amide bonds. The summed E-state index contributed by atoms with van der Waals surface area (Å²) < 4.78 is 23.8. The number of amides is 6. The number of fused-ring (bicyclic) bond motifs is 4. The molecule has 0 aromatic heterocycles. The molecule has 1 fully saturated rings. The number of likely N-dealkylation sites (N-methyl/N-ethyl adjacent to an activating group) is 1. The van der Waals surface area contributed by atoms with Crippen LogP contribution in [0, 0.1) is 11.8 Å². The maximum absolute atomic E-state index is 14.2. The number of benzene rings is 4. The summed E-state index contributed by atoms with van der Waals surface area (Å²) in [6, 6.07) is 21.4.